The minimum Gasteiger partial charge on any atom is -0.361 e. The Bertz CT molecular complexity index is 709. The molecule has 0 fully saturated rings. The van der Waals surface area contributed by atoms with Gasteiger partial charge in [0.15, 0.2) is 10.8 Å². The van der Waals surface area contributed by atoms with Crippen LogP contribution in [-0.2, 0) is 13.1 Å². The fourth-order valence-corrected chi connectivity index (χ4v) is 2.75. The Kier molecular flexibility index (Phi) is 4.03. The van der Waals surface area contributed by atoms with Crippen LogP contribution in [0.5, 0.6) is 0 Å². The maximum absolute atomic E-state index is 5.07. The fourth-order valence-electron chi connectivity index (χ4n) is 1.99. The van der Waals surface area contributed by atoms with E-state index in [1.807, 2.05) is 25.4 Å². The summed E-state index contributed by atoms with van der Waals surface area (Å²) in [5, 5.41) is 6.88. The normalized spacial score (nSPS) is 11.2. The molecule has 6 nitrogen and oxygen atoms in total. The van der Waals surface area contributed by atoms with Crippen molar-refractivity contribution < 1.29 is 4.52 Å². The van der Waals surface area contributed by atoms with E-state index in [0.717, 1.165) is 35.2 Å². The van der Waals surface area contributed by atoms with E-state index in [-0.39, 0.29) is 0 Å². The molecule has 0 radical (unpaired) electrons. The molecule has 0 spiro atoms. The third-order valence-electron chi connectivity index (χ3n) is 2.85. The van der Waals surface area contributed by atoms with Gasteiger partial charge in [-0.2, -0.15) is 0 Å². The summed E-state index contributed by atoms with van der Waals surface area (Å²) in [4.78, 5) is 15.1. The lowest BCUT2D eigenvalue weighted by atomic mass is 10.3. The van der Waals surface area contributed by atoms with Crippen LogP contribution in [0.1, 0.15) is 17.1 Å². The van der Waals surface area contributed by atoms with E-state index in [1.54, 1.807) is 29.8 Å². The first-order chi connectivity index (χ1) is 10.2. The maximum atomic E-state index is 5.07. The first-order valence-electron chi connectivity index (χ1n) is 6.53. The van der Waals surface area contributed by atoms with Crippen LogP contribution in [0, 0.1) is 6.92 Å². The van der Waals surface area contributed by atoms with E-state index in [1.165, 1.54) is 0 Å². The lowest BCUT2D eigenvalue weighted by Crippen LogP contribution is -2.17. The molecule has 0 aromatic carbocycles. The van der Waals surface area contributed by atoms with Gasteiger partial charge in [0.2, 0.25) is 0 Å². The number of rotatable bonds is 5. The Hall–Kier alpha value is -2.12. The Morgan fingerprint density at radius 3 is 2.67 bits per heavy atom. The number of thiazole rings is 1. The maximum Gasteiger partial charge on any atom is 0.188 e. The summed E-state index contributed by atoms with van der Waals surface area (Å²) in [6.45, 7) is 3.37. The van der Waals surface area contributed by atoms with E-state index in [0.29, 0.717) is 5.82 Å². The van der Waals surface area contributed by atoms with E-state index in [9.17, 15) is 0 Å². The van der Waals surface area contributed by atoms with Crippen molar-refractivity contribution in [3.05, 3.63) is 47.1 Å². The molecule has 3 aromatic rings. The van der Waals surface area contributed by atoms with Gasteiger partial charge >= 0.3 is 0 Å². The number of nitrogens with zero attached hydrogens (tertiary/aromatic N) is 5. The molecule has 0 atom stereocenters. The molecule has 0 aliphatic heterocycles. The minimum absolute atomic E-state index is 0.670. The van der Waals surface area contributed by atoms with Crippen LogP contribution in [0.2, 0.25) is 0 Å². The highest BCUT2D eigenvalue weighted by Crippen LogP contribution is 2.20. The molecule has 0 aliphatic rings. The van der Waals surface area contributed by atoms with E-state index >= 15 is 0 Å². The van der Waals surface area contributed by atoms with Crippen molar-refractivity contribution >= 4 is 11.3 Å². The molecule has 0 saturated carbocycles. The third kappa shape index (κ3) is 3.50. The van der Waals surface area contributed by atoms with Crippen LogP contribution in [0.4, 0.5) is 0 Å². The predicted octanol–water partition coefficient (Wildman–Crippen LogP) is 2.53. The van der Waals surface area contributed by atoms with Gasteiger partial charge in [0.05, 0.1) is 11.4 Å². The molecule has 7 heteroatoms. The van der Waals surface area contributed by atoms with Gasteiger partial charge in [0.1, 0.15) is 5.76 Å². The van der Waals surface area contributed by atoms with Crippen LogP contribution in [-0.4, -0.2) is 32.1 Å². The second-order valence-electron chi connectivity index (χ2n) is 4.82. The van der Waals surface area contributed by atoms with Gasteiger partial charge in [0.25, 0.3) is 0 Å². The van der Waals surface area contributed by atoms with E-state index in [4.69, 9.17) is 4.52 Å². The molecule has 0 aliphatic carbocycles. The average Bonchev–Trinajstić information content (AvgIpc) is 3.09. The first kappa shape index (κ1) is 13.8. The Labute approximate surface area is 126 Å². The summed E-state index contributed by atoms with van der Waals surface area (Å²) < 4.78 is 5.07. The Morgan fingerprint density at radius 1 is 1.19 bits per heavy atom. The third-order valence-corrected chi connectivity index (χ3v) is 3.74. The molecule has 3 aromatic heterocycles. The van der Waals surface area contributed by atoms with Crippen molar-refractivity contribution in [3.63, 3.8) is 0 Å². The van der Waals surface area contributed by atoms with Gasteiger partial charge in [-0.25, -0.2) is 15.0 Å². The van der Waals surface area contributed by atoms with Gasteiger partial charge in [-0.15, -0.1) is 11.3 Å². The van der Waals surface area contributed by atoms with E-state index < -0.39 is 0 Å². The zero-order valence-corrected chi connectivity index (χ0v) is 12.7. The topological polar surface area (TPSA) is 67.9 Å². The smallest absolute Gasteiger partial charge is 0.188 e. The zero-order valence-electron chi connectivity index (χ0n) is 11.9. The largest absolute Gasteiger partial charge is 0.361 e. The summed E-state index contributed by atoms with van der Waals surface area (Å²) in [6.07, 6.45) is 3.45. The molecule has 0 bridgehead atoms. The Morgan fingerprint density at radius 2 is 1.95 bits per heavy atom. The molecule has 0 unspecified atom stereocenters. The molecule has 0 N–H and O–H groups in total. The number of aryl methyl sites for hydroxylation is 1. The molecule has 108 valence electrons. The van der Waals surface area contributed by atoms with Gasteiger partial charge in [0, 0.05) is 36.9 Å². The average molecular weight is 301 g/mol. The summed E-state index contributed by atoms with van der Waals surface area (Å²) in [5.74, 6) is 1.50. The summed E-state index contributed by atoms with van der Waals surface area (Å²) in [6, 6.07) is 3.74. The summed E-state index contributed by atoms with van der Waals surface area (Å²) >= 11 is 1.56. The summed E-state index contributed by atoms with van der Waals surface area (Å²) in [7, 11) is 2.03. The van der Waals surface area contributed by atoms with Crippen LogP contribution in [0.15, 0.2) is 34.4 Å². The molecule has 3 heterocycles. The van der Waals surface area contributed by atoms with Crippen LogP contribution < -0.4 is 0 Å². The zero-order chi connectivity index (χ0) is 14.7. The van der Waals surface area contributed by atoms with Crippen LogP contribution in [0.3, 0.4) is 0 Å². The van der Waals surface area contributed by atoms with Crippen LogP contribution in [0.25, 0.3) is 10.8 Å². The molecular weight excluding hydrogens is 286 g/mol. The summed E-state index contributed by atoms with van der Waals surface area (Å²) in [5.41, 5.74) is 1.93. The highest BCUT2D eigenvalue weighted by Gasteiger charge is 2.10. The van der Waals surface area contributed by atoms with Crippen molar-refractivity contribution in [2.75, 3.05) is 7.05 Å². The standard InChI is InChI=1S/C14H15N5OS/c1-10-6-11(18-20-10)7-19(2)8-12-9-21-14(17-12)13-15-4-3-5-16-13/h3-6,9H,7-8H2,1-2H3. The second kappa shape index (κ2) is 6.11. The lowest BCUT2D eigenvalue weighted by molar-refractivity contribution is 0.299. The molecule has 0 saturated heterocycles. The van der Waals surface area contributed by atoms with Gasteiger partial charge in [-0.3, -0.25) is 4.90 Å². The first-order valence-corrected chi connectivity index (χ1v) is 7.41. The number of hydrogen-bond acceptors (Lipinski definition) is 7. The quantitative estimate of drug-likeness (QED) is 0.721. The second-order valence-corrected chi connectivity index (χ2v) is 5.68. The van der Waals surface area contributed by atoms with Gasteiger partial charge < -0.3 is 4.52 Å². The molecular formula is C14H15N5OS. The molecule has 21 heavy (non-hydrogen) atoms. The van der Waals surface area contributed by atoms with Crippen molar-refractivity contribution in [2.24, 2.45) is 0 Å². The molecule has 3 rings (SSSR count). The highest BCUT2D eigenvalue weighted by atomic mass is 32.1. The van der Waals surface area contributed by atoms with Crippen molar-refractivity contribution in [3.8, 4) is 10.8 Å². The van der Waals surface area contributed by atoms with Crippen molar-refractivity contribution in [1.29, 1.82) is 0 Å². The number of aromatic nitrogens is 4. The lowest BCUT2D eigenvalue weighted by Gasteiger charge is -2.12. The highest BCUT2D eigenvalue weighted by molar-refractivity contribution is 7.13. The number of hydrogen-bond donors (Lipinski definition) is 0. The van der Waals surface area contributed by atoms with Gasteiger partial charge in [-0.05, 0) is 20.0 Å². The SMILES string of the molecule is Cc1cc(CN(C)Cc2csc(-c3ncccn3)n2)no1. The predicted molar refractivity (Wildman–Crippen MR) is 79.6 cm³/mol. The van der Waals surface area contributed by atoms with Crippen molar-refractivity contribution in [1.82, 2.24) is 25.0 Å². The van der Waals surface area contributed by atoms with Crippen LogP contribution >= 0.6 is 11.3 Å². The van der Waals surface area contributed by atoms with Crippen molar-refractivity contribution in [2.45, 2.75) is 20.0 Å². The Balaban J connectivity index is 1.64. The van der Waals surface area contributed by atoms with E-state index in [2.05, 4.69) is 25.0 Å². The van der Waals surface area contributed by atoms with Gasteiger partial charge in [-0.1, -0.05) is 5.16 Å². The fraction of sp³-hybridized carbons (Fsp3) is 0.286. The monoisotopic (exact) mass is 301 g/mol. The minimum atomic E-state index is 0.670. The molecule has 0 amide bonds.